The molecule has 3 rings (SSSR count). The third-order valence-corrected chi connectivity index (χ3v) is 5.06. The summed E-state index contributed by atoms with van der Waals surface area (Å²) in [5.74, 6) is 0. The quantitative estimate of drug-likeness (QED) is 0.866. The molecular weight excluding hydrogens is 284 g/mol. The molecule has 1 heterocycles. The van der Waals surface area contributed by atoms with Crippen molar-refractivity contribution in [3.8, 4) is 0 Å². The molecule has 5 heteroatoms. The number of rotatable bonds is 2. The van der Waals surface area contributed by atoms with Crippen LogP contribution in [-0.2, 0) is 16.3 Å². The molecule has 1 aliphatic heterocycles. The SMILES string of the molecule is CC1Cc2ccccc2N1c1cccc(S(C)(=O)=O)c1N. The van der Waals surface area contributed by atoms with E-state index in [4.69, 9.17) is 5.73 Å². The van der Waals surface area contributed by atoms with Crippen LogP contribution in [0.4, 0.5) is 17.1 Å². The zero-order chi connectivity index (χ0) is 15.2. The Labute approximate surface area is 125 Å². The molecule has 0 aromatic heterocycles. The molecule has 2 aromatic rings. The second kappa shape index (κ2) is 4.77. The molecule has 1 atom stereocenters. The Hall–Kier alpha value is -2.01. The monoisotopic (exact) mass is 302 g/mol. The molecule has 0 aliphatic carbocycles. The molecule has 1 unspecified atom stereocenters. The fourth-order valence-electron chi connectivity index (χ4n) is 3.00. The number of nitrogens with two attached hydrogens (primary N) is 1. The van der Waals surface area contributed by atoms with E-state index in [1.54, 1.807) is 12.1 Å². The van der Waals surface area contributed by atoms with Crippen LogP contribution in [0.3, 0.4) is 0 Å². The standard InChI is InChI=1S/C16H18N2O2S/c1-11-10-12-6-3-4-7-13(12)18(11)14-8-5-9-15(16(14)17)21(2,19)20/h3-9,11H,10,17H2,1-2H3. The van der Waals surface area contributed by atoms with E-state index in [0.717, 1.165) is 17.8 Å². The van der Waals surface area contributed by atoms with Gasteiger partial charge in [-0.1, -0.05) is 24.3 Å². The lowest BCUT2D eigenvalue weighted by molar-refractivity contribution is 0.602. The van der Waals surface area contributed by atoms with Crippen molar-refractivity contribution in [2.24, 2.45) is 0 Å². The maximum absolute atomic E-state index is 11.8. The van der Waals surface area contributed by atoms with Crippen molar-refractivity contribution in [3.63, 3.8) is 0 Å². The van der Waals surface area contributed by atoms with Gasteiger partial charge in [-0.05, 0) is 37.1 Å². The Morgan fingerprint density at radius 1 is 1.10 bits per heavy atom. The molecule has 1 aliphatic rings. The van der Waals surface area contributed by atoms with Crippen molar-refractivity contribution in [2.75, 3.05) is 16.9 Å². The van der Waals surface area contributed by atoms with Gasteiger partial charge < -0.3 is 10.6 Å². The van der Waals surface area contributed by atoms with Gasteiger partial charge in [0.1, 0.15) is 0 Å². The minimum atomic E-state index is -3.33. The van der Waals surface area contributed by atoms with Gasteiger partial charge in [-0.15, -0.1) is 0 Å². The molecule has 2 N–H and O–H groups in total. The van der Waals surface area contributed by atoms with Crippen molar-refractivity contribution < 1.29 is 8.42 Å². The highest BCUT2D eigenvalue weighted by molar-refractivity contribution is 7.90. The maximum atomic E-state index is 11.8. The summed E-state index contributed by atoms with van der Waals surface area (Å²) in [7, 11) is -3.33. The largest absolute Gasteiger partial charge is 0.396 e. The van der Waals surface area contributed by atoms with E-state index < -0.39 is 9.84 Å². The van der Waals surface area contributed by atoms with Crippen molar-refractivity contribution in [3.05, 3.63) is 48.0 Å². The molecule has 0 bridgehead atoms. The average Bonchev–Trinajstić information content (AvgIpc) is 2.74. The van der Waals surface area contributed by atoms with Gasteiger partial charge in [0.25, 0.3) is 0 Å². The fourth-order valence-corrected chi connectivity index (χ4v) is 3.83. The first-order chi connectivity index (χ1) is 9.89. The number of benzene rings is 2. The van der Waals surface area contributed by atoms with Gasteiger partial charge >= 0.3 is 0 Å². The summed E-state index contributed by atoms with van der Waals surface area (Å²) < 4.78 is 23.7. The number of anilines is 3. The predicted molar refractivity (Wildman–Crippen MR) is 85.7 cm³/mol. The van der Waals surface area contributed by atoms with Crippen LogP contribution in [0.2, 0.25) is 0 Å². The average molecular weight is 302 g/mol. The highest BCUT2D eigenvalue weighted by Crippen LogP contribution is 2.42. The summed E-state index contributed by atoms with van der Waals surface area (Å²) in [4.78, 5) is 2.32. The van der Waals surface area contributed by atoms with Gasteiger partial charge in [0.2, 0.25) is 0 Å². The lowest BCUT2D eigenvalue weighted by Gasteiger charge is -2.27. The Kier molecular flexibility index (Phi) is 3.17. The summed E-state index contributed by atoms with van der Waals surface area (Å²) >= 11 is 0. The minimum absolute atomic E-state index is 0.191. The Bertz CT molecular complexity index is 800. The molecule has 0 saturated heterocycles. The van der Waals surface area contributed by atoms with Crippen LogP contribution in [0.15, 0.2) is 47.4 Å². The van der Waals surface area contributed by atoms with Crippen LogP contribution >= 0.6 is 0 Å². The summed E-state index contributed by atoms with van der Waals surface area (Å²) in [5.41, 5.74) is 9.59. The maximum Gasteiger partial charge on any atom is 0.177 e. The lowest BCUT2D eigenvalue weighted by Crippen LogP contribution is -2.25. The molecule has 110 valence electrons. The number of para-hydroxylation sites is 2. The van der Waals surface area contributed by atoms with Gasteiger partial charge in [0.15, 0.2) is 9.84 Å². The molecule has 2 aromatic carbocycles. The topological polar surface area (TPSA) is 63.4 Å². The zero-order valence-electron chi connectivity index (χ0n) is 12.1. The number of hydrogen-bond donors (Lipinski definition) is 1. The predicted octanol–water partition coefficient (Wildman–Crippen LogP) is 2.76. The van der Waals surface area contributed by atoms with Crippen LogP contribution in [0.1, 0.15) is 12.5 Å². The molecule has 0 spiro atoms. The molecular formula is C16H18N2O2S. The first-order valence-electron chi connectivity index (χ1n) is 6.85. The highest BCUT2D eigenvalue weighted by Gasteiger charge is 2.29. The Morgan fingerprint density at radius 2 is 1.76 bits per heavy atom. The fraction of sp³-hybridized carbons (Fsp3) is 0.250. The van der Waals surface area contributed by atoms with Crippen LogP contribution in [0.25, 0.3) is 0 Å². The van der Waals surface area contributed by atoms with Gasteiger partial charge in [-0.2, -0.15) is 0 Å². The lowest BCUT2D eigenvalue weighted by atomic mass is 10.1. The first-order valence-corrected chi connectivity index (χ1v) is 8.74. The summed E-state index contributed by atoms with van der Waals surface area (Å²) in [6.45, 7) is 2.12. The third kappa shape index (κ3) is 2.27. The summed E-state index contributed by atoms with van der Waals surface area (Å²) in [5, 5.41) is 0. The van der Waals surface area contributed by atoms with Gasteiger partial charge in [-0.3, -0.25) is 0 Å². The van der Waals surface area contributed by atoms with E-state index in [1.807, 2.05) is 24.3 Å². The van der Waals surface area contributed by atoms with Crippen LogP contribution < -0.4 is 10.6 Å². The second-order valence-electron chi connectivity index (χ2n) is 5.51. The summed E-state index contributed by atoms with van der Waals surface area (Å²) in [6, 6.07) is 13.6. The van der Waals surface area contributed by atoms with E-state index in [0.29, 0.717) is 5.69 Å². The van der Waals surface area contributed by atoms with E-state index >= 15 is 0 Å². The van der Waals surface area contributed by atoms with Crippen molar-refractivity contribution in [1.82, 2.24) is 0 Å². The number of fused-ring (bicyclic) bond motifs is 1. The molecule has 0 saturated carbocycles. The minimum Gasteiger partial charge on any atom is -0.396 e. The van der Waals surface area contributed by atoms with Gasteiger partial charge in [0, 0.05) is 18.0 Å². The molecule has 0 amide bonds. The molecule has 4 nitrogen and oxygen atoms in total. The van der Waals surface area contributed by atoms with Crippen molar-refractivity contribution in [2.45, 2.75) is 24.3 Å². The normalized spacial score (nSPS) is 17.8. The van der Waals surface area contributed by atoms with Crippen LogP contribution in [0.5, 0.6) is 0 Å². The van der Waals surface area contributed by atoms with E-state index in [9.17, 15) is 8.42 Å². The number of nitrogens with zero attached hydrogens (tertiary/aromatic N) is 1. The van der Waals surface area contributed by atoms with E-state index in [-0.39, 0.29) is 10.9 Å². The third-order valence-electron chi connectivity index (χ3n) is 3.91. The molecule has 0 fully saturated rings. The van der Waals surface area contributed by atoms with Crippen molar-refractivity contribution >= 4 is 26.9 Å². The smallest absolute Gasteiger partial charge is 0.177 e. The van der Waals surface area contributed by atoms with E-state index in [1.165, 1.54) is 11.8 Å². The Balaban J connectivity index is 2.18. The number of sulfone groups is 1. The Morgan fingerprint density at radius 3 is 2.48 bits per heavy atom. The zero-order valence-corrected chi connectivity index (χ0v) is 12.9. The summed E-state index contributed by atoms with van der Waals surface area (Å²) in [6.07, 6.45) is 2.11. The number of nitrogen functional groups attached to an aromatic ring is 1. The second-order valence-corrected chi connectivity index (χ2v) is 7.50. The molecule has 21 heavy (non-hydrogen) atoms. The van der Waals surface area contributed by atoms with Crippen molar-refractivity contribution in [1.29, 1.82) is 0 Å². The van der Waals surface area contributed by atoms with Crippen LogP contribution in [-0.4, -0.2) is 20.7 Å². The van der Waals surface area contributed by atoms with Crippen LogP contribution in [0, 0.1) is 0 Å². The molecule has 0 radical (unpaired) electrons. The number of hydrogen-bond acceptors (Lipinski definition) is 4. The van der Waals surface area contributed by atoms with Gasteiger partial charge in [0.05, 0.1) is 16.3 Å². The van der Waals surface area contributed by atoms with Gasteiger partial charge in [-0.25, -0.2) is 8.42 Å². The highest BCUT2D eigenvalue weighted by atomic mass is 32.2. The van der Waals surface area contributed by atoms with E-state index in [2.05, 4.69) is 17.9 Å². The first kappa shape index (κ1) is 13.9.